The molecule has 6 heteroatoms. The van der Waals surface area contributed by atoms with E-state index in [4.69, 9.17) is 5.73 Å². The minimum atomic E-state index is -0.981. The Morgan fingerprint density at radius 3 is 2.43 bits per heavy atom. The number of halogens is 2. The van der Waals surface area contributed by atoms with E-state index in [2.05, 4.69) is 40.1 Å². The quantitative estimate of drug-likeness (QED) is 0.340. The summed E-state index contributed by atoms with van der Waals surface area (Å²) in [7, 11) is 0. The van der Waals surface area contributed by atoms with Crippen LogP contribution in [0, 0.1) is 5.92 Å². The molecule has 4 N–H and O–H groups in total. The Labute approximate surface area is 152 Å². The monoisotopic (exact) mass is 469 g/mol. The highest BCUT2D eigenvalue weighted by atomic mass is 127. The minimum Gasteiger partial charge on any atom is -0.383 e. The number of aliphatic imine (C=N–C) groups is 1. The van der Waals surface area contributed by atoms with E-state index in [1.165, 1.54) is 0 Å². The third-order valence-corrected chi connectivity index (χ3v) is 3.70. The van der Waals surface area contributed by atoms with Gasteiger partial charge in [0.2, 0.25) is 0 Å². The van der Waals surface area contributed by atoms with Crippen LogP contribution in [0.4, 0.5) is 0 Å². The molecule has 0 spiro atoms. The SMILES string of the molecule is CCC(O)(CN=C(N)NCC(C)C)c1ccc(Br)cc1.I. The lowest BCUT2D eigenvalue weighted by Gasteiger charge is -2.25. The maximum Gasteiger partial charge on any atom is 0.188 e. The molecule has 0 fully saturated rings. The van der Waals surface area contributed by atoms with Crippen molar-refractivity contribution in [3.8, 4) is 0 Å². The van der Waals surface area contributed by atoms with E-state index in [0.717, 1.165) is 16.6 Å². The van der Waals surface area contributed by atoms with Gasteiger partial charge in [-0.25, -0.2) is 0 Å². The van der Waals surface area contributed by atoms with Crippen molar-refractivity contribution >= 4 is 45.9 Å². The van der Waals surface area contributed by atoms with E-state index < -0.39 is 5.60 Å². The Bertz CT molecular complexity index is 451. The molecule has 0 aliphatic carbocycles. The van der Waals surface area contributed by atoms with Gasteiger partial charge in [0.25, 0.3) is 0 Å². The summed E-state index contributed by atoms with van der Waals surface area (Å²) in [6.07, 6.45) is 0.579. The number of nitrogens with zero attached hydrogens (tertiary/aromatic N) is 1. The molecule has 0 saturated heterocycles. The lowest BCUT2D eigenvalue weighted by atomic mass is 9.91. The number of guanidine groups is 1. The zero-order chi connectivity index (χ0) is 15.2. The summed E-state index contributed by atoms with van der Waals surface area (Å²) in [5, 5.41) is 13.8. The van der Waals surface area contributed by atoms with Crippen molar-refractivity contribution in [1.29, 1.82) is 0 Å². The predicted octanol–water partition coefficient (Wildman–Crippen LogP) is 3.23. The van der Waals surface area contributed by atoms with Crippen molar-refractivity contribution in [1.82, 2.24) is 5.32 Å². The van der Waals surface area contributed by atoms with Crippen LogP contribution in [0.2, 0.25) is 0 Å². The molecule has 0 aliphatic heterocycles. The number of nitrogens with one attached hydrogen (secondary N) is 1. The van der Waals surface area contributed by atoms with Crippen molar-refractivity contribution in [2.45, 2.75) is 32.8 Å². The van der Waals surface area contributed by atoms with E-state index in [9.17, 15) is 5.11 Å². The summed E-state index contributed by atoms with van der Waals surface area (Å²) in [6, 6.07) is 7.64. The number of hydrogen-bond acceptors (Lipinski definition) is 2. The highest BCUT2D eigenvalue weighted by Gasteiger charge is 2.26. The Morgan fingerprint density at radius 2 is 1.95 bits per heavy atom. The molecule has 0 bridgehead atoms. The molecule has 4 nitrogen and oxygen atoms in total. The molecule has 1 aromatic rings. The number of nitrogens with two attached hydrogens (primary N) is 1. The molecular weight excluding hydrogens is 445 g/mol. The van der Waals surface area contributed by atoms with Crippen LogP contribution in [0.15, 0.2) is 33.7 Å². The van der Waals surface area contributed by atoms with E-state index >= 15 is 0 Å². The number of rotatable bonds is 6. The molecule has 0 aromatic heterocycles. The Kier molecular flexibility index (Phi) is 9.48. The Hall–Kier alpha value is -0.340. The summed E-state index contributed by atoms with van der Waals surface area (Å²) in [4.78, 5) is 4.26. The molecule has 0 amide bonds. The second-order valence-corrected chi connectivity index (χ2v) is 6.28. The van der Waals surface area contributed by atoms with Crippen LogP contribution >= 0.6 is 39.9 Å². The van der Waals surface area contributed by atoms with Crippen LogP contribution in [0.1, 0.15) is 32.8 Å². The van der Waals surface area contributed by atoms with E-state index in [-0.39, 0.29) is 30.5 Å². The summed E-state index contributed by atoms with van der Waals surface area (Å²) in [5.41, 5.74) is 5.68. The molecule has 21 heavy (non-hydrogen) atoms. The Morgan fingerprint density at radius 1 is 1.38 bits per heavy atom. The van der Waals surface area contributed by atoms with Crippen LogP contribution in [-0.4, -0.2) is 24.2 Å². The van der Waals surface area contributed by atoms with Crippen LogP contribution in [0.5, 0.6) is 0 Å². The average Bonchev–Trinajstić information content (AvgIpc) is 2.43. The fourth-order valence-corrected chi connectivity index (χ4v) is 2.01. The van der Waals surface area contributed by atoms with Gasteiger partial charge in [0.1, 0.15) is 5.60 Å². The van der Waals surface area contributed by atoms with Crippen LogP contribution in [-0.2, 0) is 5.60 Å². The summed E-state index contributed by atoms with van der Waals surface area (Å²) in [6.45, 7) is 7.17. The fraction of sp³-hybridized carbons (Fsp3) is 0.533. The minimum absolute atomic E-state index is 0. The zero-order valence-electron chi connectivity index (χ0n) is 12.8. The number of aliphatic hydroxyl groups is 1. The molecule has 1 atom stereocenters. The molecule has 120 valence electrons. The smallest absolute Gasteiger partial charge is 0.188 e. The Balaban J connectivity index is 0.00000400. The maximum atomic E-state index is 10.7. The molecule has 0 saturated carbocycles. The summed E-state index contributed by atoms with van der Waals surface area (Å²) < 4.78 is 0.987. The third-order valence-electron chi connectivity index (χ3n) is 3.17. The van der Waals surface area contributed by atoms with Gasteiger partial charge < -0.3 is 16.2 Å². The van der Waals surface area contributed by atoms with Gasteiger partial charge in [-0.2, -0.15) is 0 Å². The summed E-state index contributed by atoms with van der Waals surface area (Å²) >= 11 is 3.39. The lowest BCUT2D eigenvalue weighted by Crippen LogP contribution is -2.37. The molecule has 0 aliphatic rings. The van der Waals surface area contributed by atoms with Crippen molar-refractivity contribution < 1.29 is 5.11 Å². The second-order valence-electron chi connectivity index (χ2n) is 5.37. The largest absolute Gasteiger partial charge is 0.383 e. The fourth-order valence-electron chi connectivity index (χ4n) is 1.75. The number of hydrogen-bond donors (Lipinski definition) is 3. The first-order valence-corrected chi connectivity index (χ1v) is 7.69. The van der Waals surface area contributed by atoms with E-state index in [1.54, 1.807) is 0 Å². The highest BCUT2D eigenvalue weighted by molar-refractivity contribution is 14.0. The normalized spacial score (nSPS) is 14.5. The molecule has 1 unspecified atom stereocenters. The molecule has 0 heterocycles. The van der Waals surface area contributed by atoms with Crippen molar-refractivity contribution in [3.05, 3.63) is 34.3 Å². The third kappa shape index (κ3) is 6.97. The van der Waals surface area contributed by atoms with Gasteiger partial charge in [0.15, 0.2) is 5.96 Å². The predicted molar refractivity (Wildman–Crippen MR) is 103 cm³/mol. The van der Waals surface area contributed by atoms with Gasteiger partial charge in [-0.05, 0) is 30.0 Å². The van der Waals surface area contributed by atoms with Crippen molar-refractivity contribution in [2.24, 2.45) is 16.6 Å². The van der Waals surface area contributed by atoms with E-state index in [0.29, 0.717) is 18.3 Å². The van der Waals surface area contributed by atoms with Gasteiger partial charge >= 0.3 is 0 Å². The topological polar surface area (TPSA) is 70.6 Å². The van der Waals surface area contributed by atoms with Crippen LogP contribution < -0.4 is 11.1 Å². The van der Waals surface area contributed by atoms with Gasteiger partial charge in [-0.1, -0.05) is 48.8 Å². The molecular formula is C15H25BrIN3O. The average molecular weight is 470 g/mol. The second kappa shape index (κ2) is 9.63. The lowest BCUT2D eigenvalue weighted by molar-refractivity contribution is 0.0423. The van der Waals surface area contributed by atoms with Gasteiger partial charge in [0, 0.05) is 11.0 Å². The summed E-state index contributed by atoms with van der Waals surface area (Å²) in [5.74, 6) is 0.878. The maximum absolute atomic E-state index is 10.7. The first-order chi connectivity index (χ1) is 9.37. The van der Waals surface area contributed by atoms with Crippen LogP contribution in [0.3, 0.4) is 0 Å². The number of benzene rings is 1. The molecule has 1 aromatic carbocycles. The first kappa shape index (κ1) is 20.7. The van der Waals surface area contributed by atoms with Gasteiger partial charge in [0.05, 0.1) is 6.54 Å². The van der Waals surface area contributed by atoms with Crippen molar-refractivity contribution in [2.75, 3.05) is 13.1 Å². The van der Waals surface area contributed by atoms with E-state index in [1.807, 2.05) is 31.2 Å². The molecule has 0 radical (unpaired) electrons. The van der Waals surface area contributed by atoms with Crippen molar-refractivity contribution in [3.63, 3.8) is 0 Å². The van der Waals surface area contributed by atoms with Gasteiger partial charge in [-0.3, -0.25) is 4.99 Å². The van der Waals surface area contributed by atoms with Gasteiger partial charge in [-0.15, -0.1) is 24.0 Å². The molecule has 1 rings (SSSR count). The highest BCUT2D eigenvalue weighted by Crippen LogP contribution is 2.26. The zero-order valence-corrected chi connectivity index (χ0v) is 16.7. The van der Waals surface area contributed by atoms with Crippen LogP contribution in [0.25, 0.3) is 0 Å². The standard InChI is InChI=1S/C15H24BrN3O.HI/c1-4-15(20,12-5-7-13(16)8-6-12)10-19-14(17)18-9-11(2)3;/h5-8,11,20H,4,9-10H2,1-3H3,(H3,17,18,19);1H. The first-order valence-electron chi connectivity index (χ1n) is 6.89.